The van der Waals surface area contributed by atoms with E-state index in [0.29, 0.717) is 12.8 Å². The fourth-order valence-electron chi connectivity index (χ4n) is 4.59. The van der Waals surface area contributed by atoms with Crippen LogP contribution in [0.2, 0.25) is 0 Å². The number of aryl methyl sites for hydroxylation is 2. The van der Waals surface area contributed by atoms with Gasteiger partial charge in [-0.15, -0.1) is 0 Å². The molecule has 6 N–H and O–H groups in total. The lowest BCUT2D eigenvalue weighted by Crippen LogP contribution is -2.44. The fourth-order valence-corrected chi connectivity index (χ4v) is 4.59. The minimum absolute atomic E-state index is 0.133. The Morgan fingerprint density at radius 3 is 2.58 bits per heavy atom. The van der Waals surface area contributed by atoms with Crippen molar-refractivity contribution in [2.75, 3.05) is 11.9 Å². The third-order valence-corrected chi connectivity index (χ3v) is 6.38. The van der Waals surface area contributed by atoms with Crippen molar-refractivity contribution in [3.05, 3.63) is 88.0 Å². The van der Waals surface area contributed by atoms with Gasteiger partial charge in [0.05, 0.1) is 12.1 Å². The second-order valence-corrected chi connectivity index (χ2v) is 8.87. The summed E-state index contributed by atoms with van der Waals surface area (Å²) >= 11 is 0. The fraction of sp³-hybridized carbons (Fsp3) is 0.296. The Hall–Kier alpha value is -3.51. The summed E-state index contributed by atoms with van der Waals surface area (Å²) in [6.45, 7) is 4.60. The maximum absolute atomic E-state index is 13.0. The van der Waals surface area contributed by atoms with Gasteiger partial charge < -0.3 is 26.6 Å². The SMILES string of the molecule is Cc1cc(O)cc(C)c1CC(N)C(=O)NC1CCNc2ccc(Cc3ccccc3O)cc21. The molecule has 1 amide bonds. The molecule has 0 aromatic heterocycles. The van der Waals surface area contributed by atoms with Crippen molar-refractivity contribution in [1.29, 1.82) is 0 Å². The first-order valence-corrected chi connectivity index (χ1v) is 11.3. The van der Waals surface area contributed by atoms with E-state index in [4.69, 9.17) is 5.73 Å². The van der Waals surface area contributed by atoms with Crippen molar-refractivity contribution in [1.82, 2.24) is 5.32 Å². The average Bonchev–Trinajstić information content (AvgIpc) is 2.78. The van der Waals surface area contributed by atoms with E-state index in [1.54, 1.807) is 18.2 Å². The number of fused-ring (bicyclic) bond motifs is 1. The Morgan fingerprint density at radius 2 is 1.85 bits per heavy atom. The first-order valence-electron chi connectivity index (χ1n) is 11.3. The number of hydrogen-bond acceptors (Lipinski definition) is 5. The maximum Gasteiger partial charge on any atom is 0.237 e. The molecule has 0 spiro atoms. The van der Waals surface area contributed by atoms with Crippen LogP contribution in [0.25, 0.3) is 0 Å². The molecule has 1 heterocycles. The number of benzene rings is 3. The highest BCUT2D eigenvalue weighted by Gasteiger charge is 2.25. The van der Waals surface area contributed by atoms with E-state index in [-0.39, 0.29) is 23.4 Å². The van der Waals surface area contributed by atoms with Crippen molar-refractivity contribution >= 4 is 11.6 Å². The van der Waals surface area contributed by atoms with E-state index in [0.717, 1.165) is 52.0 Å². The Labute approximate surface area is 194 Å². The first kappa shape index (κ1) is 22.7. The summed E-state index contributed by atoms with van der Waals surface area (Å²) in [4.78, 5) is 13.0. The number of nitrogens with two attached hydrogens (primary N) is 1. The van der Waals surface area contributed by atoms with E-state index in [9.17, 15) is 15.0 Å². The number of rotatable bonds is 6. The predicted octanol–water partition coefficient (Wildman–Crippen LogP) is 3.85. The van der Waals surface area contributed by atoms with Crippen LogP contribution < -0.4 is 16.4 Å². The molecule has 0 saturated heterocycles. The van der Waals surface area contributed by atoms with Gasteiger partial charge in [0.1, 0.15) is 11.5 Å². The third-order valence-electron chi connectivity index (χ3n) is 6.38. The van der Waals surface area contributed by atoms with Crippen LogP contribution in [0.5, 0.6) is 11.5 Å². The van der Waals surface area contributed by atoms with Gasteiger partial charge in [-0.25, -0.2) is 0 Å². The van der Waals surface area contributed by atoms with Gasteiger partial charge in [-0.3, -0.25) is 4.79 Å². The van der Waals surface area contributed by atoms with Crippen molar-refractivity contribution in [2.24, 2.45) is 5.73 Å². The van der Waals surface area contributed by atoms with Crippen LogP contribution in [0.3, 0.4) is 0 Å². The zero-order valence-electron chi connectivity index (χ0n) is 19.1. The van der Waals surface area contributed by atoms with Crippen LogP contribution in [-0.2, 0) is 17.6 Å². The Balaban J connectivity index is 1.49. The van der Waals surface area contributed by atoms with Gasteiger partial charge in [-0.1, -0.05) is 30.3 Å². The highest BCUT2D eigenvalue weighted by atomic mass is 16.3. The lowest BCUT2D eigenvalue weighted by molar-refractivity contribution is -0.123. The molecule has 2 unspecified atom stereocenters. The predicted molar refractivity (Wildman–Crippen MR) is 131 cm³/mol. The second kappa shape index (κ2) is 9.55. The van der Waals surface area contributed by atoms with E-state index in [2.05, 4.69) is 16.7 Å². The van der Waals surface area contributed by atoms with Crippen molar-refractivity contribution in [3.8, 4) is 11.5 Å². The summed E-state index contributed by atoms with van der Waals surface area (Å²) in [5, 5.41) is 26.4. The van der Waals surface area contributed by atoms with E-state index < -0.39 is 6.04 Å². The standard InChI is InChI=1S/C27H31N3O3/c1-16-11-20(31)12-17(2)21(16)15-23(28)27(33)30-25-9-10-29-24-8-7-18(14-22(24)25)13-19-5-3-4-6-26(19)32/h3-8,11-12,14,23,25,29,31-32H,9-10,13,15,28H2,1-2H3,(H,30,33). The number of carbonyl (C=O) groups excluding carboxylic acids is 1. The van der Waals surface area contributed by atoms with Crippen LogP contribution in [0.1, 0.15) is 45.8 Å². The van der Waals surface area contributed by atoms with Gasteiger partial charge in [0.2, 0.25) is 5.91 Å². The van der Waals surface area contributed by atoms with Gasteiger partial charge in [0.25, 0.3) is 0 Å². The molecule has 4 rings (SSSR count). The molecule has 0 bridgehead atoms. The number of phenols is 2. The molecule has 3 aromatic rings. The van der Waals surface area contributed by atoms with E-state index in [1.165, 1.54) is 0 Å². The summed E-state index contributed by atoms with van der Waals surface area (Å²) in [7, 11) is 0. The van der Waals surface area contributed by atoms with Gasteiger partial charge in [-0.2, -0.15) is 0 Å². The normalized spacial score (nSPS) is 15.9. The largest absolute Gasteiger partial charge is 0.508 e. The van der Waals surface area contributed by atoms with Crippen LogP contribution in [-0.4, -0.2) is 28.7 Å². The van der Waals surface area contributed by atoms with Crippen molar-refractivity contribution in [3.63, 3.8) is 0 Å². The molecule has 6 nitrogen and oxygen atoms in total. The molecule has 33 heavy (non-hydrogen) atoms. The molecule has 1 aliphatic rings. The molecule has 0 fully saturated rings. The maximum atomic E-state index is 13.0. The summed E-state index contributed by atoms with van der Waals surface area (Å²) in [5.41, 5.74) is 13.1. The Kier molecular flexibility index (Phi) is 6.56. The number of amides is 1. The molecular formula is C27H31N3O3. The third kappa shape index (κ3) is 5.12. The van der Waals surface area contributed by atoms with Crippen LogP contribution >= 0.6 is 0 Å². The quantitative estimate of drug-likeness (QED) is 0.396. The number of carbonyl (C=O) groups is 1. The number of anilines is 1. The molecule has 0 aliphatic carbocycles. The van der Waals surface area contributed by atoms with Gasteiger partial charge in [0, 0.05) is 18.7 Å². The molecule has 0 radical (unpaired) electrons. The minimum atomic E-state index is -0.685. The summed E-state index contributed by atoms with van der Waals surface area (Å²) in [6.07, 6.45) is 1.79. The lowest BCUT2D eigenvalue weighted by Gasteiger charge is -2.29. The molecule has 3 aromatic carbocycles. The van der Waals surface area contributed by atoms with Crippen LogP contribution in [0.15, 0.2) is 54.6 Å². The first-order chi connectivity index (χ1) is 15.8. The van der Waals surface area contributed by atoms with Gasteiger partial charge >= 0.3 is 0 Å². The van der Waals surface area contributed by atoms with Crippen LogP contribution in [0.4, 0.5) is 5.69 Å². The molecule has 1 aliphatic heterocycles. The molecule has 172 valence electrons. The summed E-state index contributed by atoms with van der Waals surface area (Å²) < 4.78 is 0. The van der Waals surface area contributed by atoms with Gasteiger partial charge in [-0.05, 0) is 84.3 Å². The zero-order valence-corrected chi connectivity index (χ0v) is 19.1. The van der Waals surface area contributed by atoms with E-state index >= 15 is 0 Å². The molecule has 0 saturated carbocycles. The van der Waals surface area contributed by atoms with Crippen molar-refractivity contribution < 1.29 is 15.0 Å². The molecule has 6 heteroatoms. The number of phenolic OH excluding ortho intramolecular Hbond substituents is 2. The lowest BCUT2D eigenvalue weighted by atomic mass is 9.92. The number of nitrogens with one attached hydrogen (secondary N) is 2. The minimum Gasteiger partial charge on any atom is -0.508 e. The average molecular weight is 446 g/mol. The molecule has 2 atom stereocenters. The summed E-state index contributed by atoms with van der Waals surface area (Å²) in [6, 6.07) is 16.1. The second-order valence-electron chi connectivity index (χ2n) is 8.87. The highest BCUT2D eigenvalue weighted by Crippen LogP contribution is 2.32. The number of para-hydroxylation sites is 1. The zero-order chi connectivity index (χ0) is 23.5. The summed E-state index contributed by atoms with van der Waals surface area (Å²) in [5.74, 6) is 0.313. The highest BCUT2D eigenvalue weighted by molar-refractivity contribution is 5.82. The Bertz CT molecular complexity index is 1150. The number of hydrogen-bond donors (Lipinski definition) is 5. The monoisotopic (exact) mass is 445 g/mol. The van der Waals surface area contributed by atoms with Crippen LogP contribution in [0, 0.1) is 13.8 Å². The Morgan fingerprint density at radius 1 is 1.12 bits per heavy atom. The molecular weight excluding hydrogens is 414 g/mol. The topological polar surface area (TPSA) is 108 Å². The smallest absolute Gasteiger partial charge is 0.237 e. The van der Waals surface area contributed by atoms with Gasteiger partial charge in [0.15, 0.2) is 0 Å². The van der Waals surface area contributed by atoms with E-state index in [1.807, 2.05) is 44.2 Å². The number of aromatic hydroxyl groups is 2. The van der Waals surface area contributed by atoms with Crippen molar-refractivity contribution in [2.45, 2.75) is 45.2 Å².